The third-order valence-electron chi connectivity index (χ3n) is 5.93. The summed E-state index contributed by atoms with van der Waals surface area (Å²) in [5, 5.41) is 0. The van der Waals surface area contributed by atoms with Gasteiger partial charge in [0.05, 0.1) is 33.0 Å². The van der Waals surface area contributed by atoms with Gasteiger partial charge in [0.25, 0.3) is 0 Å². The molecule has 1 heterocycles. The fourth-order valence-electron chi connectivity index (χ4n) is 4.16. The predicted octanol–water partition coefficient (Wildman–Crippen LogP) is 5.63. The molecular formula is C30H35BO7P. The molecule has 205 valence electrons. The van der Waals surface area contributed by atoms with Crippen molar-refractivity contribution in [3.05, 3.63) is 108 Å². The van der Waals surface area contributed by atoms with Gasteiger partial charge in [-0.1, -0.05) is 91.0 Å². The lowest BCUT2D eigenvalue weighted by atomic mass is 10.1. The molecule has 4 rings (SSSR count). The van der Waals surface area contributed by atoms with E-state index in [4.69, 9.17) is 28.0 Å². The zero-order valence-corrected chi connectivity index (χ0v) is 23.3. The highest BCUT2D eigenvalue weighted by Crippen LogP contribution is 2.53. The Morgan fingerprint density at radius 3 is 1.74 bits per heavy atom. The van der Waals surface area contributed by atoms with Gasteiger partial charge in [0.2, 0.25) is 8.38 Å². The van der Waals surface area contributed by atoms with Crippen LogP contribution >= 0.6 is 8.38 Å². The first kappa shape index (κ1) is 31.0. The number of carbonyl (C=O) groups excluding carboxylic acids is 1. The van der Waals surface area contributed by atoms with E-state index in [1.54, 1.807) is 0 Å². The Morgan fingerprint density at radius 2 is 1.26 bits per heavy atom. The molecule has 3 radical (unpaired) electrons. The second-order valence-electron chi connectivity index (χ2n) is 8.87. The Hall–Kier alpha value is -2.58. The largest absolute Gasteiger partial charge is 0.450 e. The van der Waals surface area contributed by atoms with E-state index in [0.717, 1.165) is 16.7 Å². The molecule has 0 aromatic heterocycles. The first-order valence-corrected chi connectivity index (χ1v) is 14.1. The second-order valence-corrected chi connectivity index (χ2v) is 10.4. The number of esters is 1. The van der Waals surface area contributed by atoms with E-state index >= 15 is 0 Å². The number of hydrogen-bond acceptors (Lipinski definition) is 7. The number of ether oxygens (including phenoxy) is 4. The monoisotopic (exact) mass is 549 g/mol. The van der Waals surface area contributed by atoms with Crippen LogP contribution < -0.4 is 0 Å². The number of rotatable bonds is 13. The van der Waals surface area contributed by atoms with E-state index in [-0.39, 0.29) is 15.0 Å². The predicted molar refractivity (Wildman–Crippen MR) is 151 cm³/mol. The van der Waals surface area contributed by atoms with E-state index in [9.17, 15) is 4.79 Å². The van der Waals surface area contributed by atoms with Gasteiger partial charge in [-0.05, 0) is 23.6 Å². The third kappa shape index (κ3) is 9.54. The van der Waals surface area contributed by atoms with E-state index in [1.165, 1.54) is 6.92 Å². The Bertz CT molecular complexity index is 1090. The van der Waals surface area contributed by atoms with Crippen molar-refractivity contribution < 1.29 is 32.8 Å². The van der Waals surface area contributed by atoms with Gasteiger partial charge in [-0.25, -0.2) is 0 Å². The maximum atomic E-state index is 12.1. The van der Waals surface area contributed by atoms with Crippen LogP contribution in [0.3, 0.4) is 0 Å². The standard InChI is InChI=1S/C30H35O7P.B/c1-3-35-38-30(36-23(2)31)29(34-21-26-17-11-6-12-18-26)28(33-20-25-15-9-5-10-16-25)27(37-38)22-32-19-24-13-7-4-8-14-24;/h4-18,27-30H,3,19-22H2,1-2H3;/t27-,28-,29+,30+,38-;/m1./s1. The molecule has 0 spiro atoms. The average molecular weight is 549 g/mol. The molecule has 9 heteroatoms. The summed E-state index contributed by atoms with van der Waals surface area (Å²) in [7, 11) is -1.62. The summed E-state index contributed by atoms with van der Waals surface area (Å²) in [5.41, 5.74) is 3.08. The minimum Gasteiger partial charge on any atom is -0.450 e. The minimum absolute atomic E-state index is 0. The van der Waals surface area contributed by atoms with Crippen molar-refractivity contribution in [2.24, 2.45) is 0 Å². The number of hydrogen-bond donors (Lipinski definition) is 0. The van der Waals surface area contributed by atoms with Crippen LogP contribution in [0.15, 0.2) is 91.0 Å². The quantitative estimate of drug-likeness (QED) is 0.156. The summed E-state index contributed by atoms with van der Waals surface area (Å²) >= 11 is 0. The summed E-state index contributed by atoms with van der Waals surface area (Å²) in [5.74, 6) is -1.18. The van der Waals surface area contributed by atoms with Crippen LogP contribution in [0.5, 0.6) is 0 Å². The summed E-state index contributed by atoms with van der Waals surface area (Å²) in [6, 6.07) is 29.7. The van der Waals surface area contributed by atoms with Crippen molar-refractivity contribution in [1.29, 1.82) is 0 Å². The Morgan fingerprint density at radius 1 is 0.769 bits per heavy atom. The average Bonchev–Trinajstić information content (AvgIpc) is 2.94. The fourth-order valence-corrected chi connectivity index (χ4v) is 5.92. The van der Waals surface area contributed by atoms with Crippen LogP contribution in [0.2, 0.25) is 0 Å². The molecule has 0 unspecified atom stereocenters. The van der Waals surface area contributed by atoms with E-state index in [0.29, 0.717) is 26.4 Å². The van der Waals surface area contributed by atoms with Crippen molar-refractivity contribution >= 4 is 22.8 Å². The van der Waals surface area contributed by atoms with Crippen LogP contribution in [0.4, 0.5) is 0 Å². The van der Waals surface area contributed by atoms with Gasteiger partial charge < -0.3 is 28.0 Å². The van der Waals surface area contributed by atoms with Crippen LogP contribution in [0, 0.1) is 0 Å². The topological polar surface area (TPSA) is 72.5 Å². The Kier molecular flexibility index (Phi) is 13.1. The Balaban J connectivity index is 0.00000420. The summed E-state index contributed by atoms with van der Waals surface area (Å²) < 4.78 is 37.1. The molecule has 0 aliphatic carbocycles. The molecule has 1 fully saturated rings. The van der Waals surface area contributed by atoms with Gasteiger partial charge in [-0.15, -0.1) is 0 Å². The normalized spacial score (nSPS) is 22.6. The molecule has 1 aliphatic heterocycles. The van der Waals surface area contributed by atoms with E-state index in [1.807, 2.05) is 97.9 Å². The number of carbonyl (C=O) groups is 1. The van der Waals surface area contributed by atoms with Crippen molar-refractivity contribution in [3.63, 3.8) is 0 Å². The molecule has 0 N–H and O–H groups in total. The van der Waals surface area contributed by atoms with E-state index < -0.39 is 38.5 Å². The van der Waals surface area contributed by atoms with Crippen molar-refractivity contribution in [2.45, 2.75) is 57.8 Å². The van der Waals surface area contributed by atoms with Crippen molar-refractivity contribution in [3.8, 4) is 0 Å². The highest BCUT2D eigenvalue weighted by molar-refractivity contribution is 7.48. The van der Waals surface area contributed by atoms with Gasteiger partial charge in [-0.3, -0.25) is 4.79 Å². The van der Waals surface area contributed by atoms with Gasteiger partial charge in [0.1, 0.15) is 18.3 Å². The van der Waals surface area contributed by atoms with Crippen molar-refractivity contribution in [2.75, 3.05) is 13.2 Å². The first-order valence-electron chi connectivity index (χ1n) is 12.8. The molecule has 1 aliphatic rings. The maximum absolute atomic E-state index is 12.1. The first-order chi connectivity index (χ1) is 18.6. The second kappa shape index (κ2) is 16.5. The lowest BCUT2D eigenvalue weighted by Gasteiger charge is -2.44. The zero-order chi connectivity index (χ0) is 26.6. The van der Waals surface area contributed by atoms with Gasteiger partial charge in [0.15, 0.2) is 5.85 Å². The summed E-state index contributed by atoms with van der Waals surface area (Å²) in [4.78, 5) is 12.1. The van der Waals surface area contributed by atoms with Crippen LogP contribution in [-0.2, 0) is 52.6 Å². The maximum Gasteiger partial charge on any atom is 0.303 e. The zero-order valence-electron chi connectivity index (χ0n) is 22.4. The molecular weight excluding hydrogens is 514 g/mol. The molecule has 5 atom stereocenters. The van der Waals surface area contributed by atoms with Crippen LogP contribution in [0.1, 0.15) is 30.5 Å². The number of benzene rings is 3. The summed E-state index contributed by atoms with van der Waals surface area (Å²) in [6.07, 6.45) is -1.69. The van der Waals surface area contributed by atoms with E-state index in [2.05, 4.69) is 0 Å². The molecule has 3 aromatic carbocycles. The van der Waals surface area contributed by atoms with Gasteiger partial charge in [0, 0.05) is 15.3 Å². The molecule has 0 amide bonds. The molecule has 7 nitrogen and oxygen atoms in total. The lowest BCUT2D eigenvalue weighted by Crippen LogP contribution is -2.54. The third-order valence-corrected chi connectivity index (χ3v) is 7.73. The smallest absolute Gasteiger partial charge is 0.303 e. The molecule has 0 bridgehead atoms. The van der Waals surface area contributed by atoms with Crippen molar-refractivity contribution in [1.82, 2.24) is 0 Å². The molecule has 1 saturated heterocycles. The van der Waals surface area contributed by atoms with Crippen LogP contribution in [-0.4, -0.2) is 51.8 Å². The molecule has 39 heavy (non-hydrogen) atoms. The highest BCUT2D eigenvalue weighted by Gasteiger charge is 2.51. The summed E-state index contributed by atoms with van der Waals surface area (Å²) in [6.45, 7) is 5.02. The van der Waals surface area contributed by atoms with Gasteiger partial charge in [-0.2, -0.15) is 0 Å². The Labute approximate surface area is 234 Å². The SMILES string of the molecule is CCO[P@]1O[C@H](COCc2ccccc2)[C@@H](OCc2ccccc2)[C@H](OCc2ccccc2)[C@H]1OC(C)=O.[B]. The lowest BCUT2D eigenvalue weighted by molar-refractivity contribution is -0.189. The molecule has 3 aromatic rings. The van der Waals surface area contributed by atoms with Crippen LogP contribution in [0.25, 0.3) is 0 Å². The molecule has 0 saturated carbocycles. The highest BCUT2D eigenvalue weighted by atomic mass is 31.2. The van der Waals surface area contributed by atoms with Gasteiger partial charge >= 0.3 is 5.97 Å². The fraction of sp³-hybridized carbons (Fsp3) is 0.367. The minimum atomic E-state index is -1.62.